The van der Waals surface area contributed by atoms with Gasteiger partial charge in [0.1, 0.15) is 5.76 Å². The largest absolute Gasteiger partial charge is 0.467 e. The summed E-state index contributed by atoms with van der Waals surface area (Å²) < 4.78 is 5.56. The highest BCUT2D eigenvalue weighted by molar-refractivity contribution is 7.80. The minimum absolute atomic E-state index is 0.707. The first-order valence-corrected chi connectivity index (χ1v) is 10.5. The number of anilines is 1. The van der Waals surface area contributed by atoms with E-state index in [2.05, 4.69) is 42.3 Å². The van der Waals surface area contributed by atoms with Crippen LogP contribution in [0.2, 0.25) is 0 Å². The van der Waals surface area contributed by atoms with Gasteiger partial charge in [0.2, 0.25) is 0 Å². The lowest BCUT2D eigenvalue weighted by Crippen LogP contribution is -3.12. The molecule has 1 aliphatic rings. The van der Waals surface area contributed by atoms with Gasteiger partial charge >= 0.3 is 0 Å². The van der Waals surface area contributed by atoms with E-state index in [1.54, 1.807) is 11.2 Å². The molecule has 4 nitrogen and oxygen atoms in total. The lowest BCUT2D eigenvalue weighted by Gasteiger charge is -2.27. The van der Waals surface area contributed by atoms with E-state index < -0.39 is 0 Å². The molecule has 1 aliphatic heterocycles. The molecule has 0 unspecified atom stereocenters. The monoisotopic (exact) mass is 386 g/mol. The molecule has 0 saturated carbocycles. The van der Waals surface area contributed by atoms with Gasteiger partial charge in [0, 0.05) is 18.7 Å². The van der Waals surface area contributed by atoms with Gasteiger partial charge in [0.05, 0.1) is 32.4 Å². The molecule has 0 spiro atoms. The van der Waals surface area contributed by atoms with E-state index >= 15 is 0 Å². The number of piperidine rings is 1. The molecule has 2 heterocycles. The number of quaternary nitrogens is 1. The molecule has 0 atom stereocenters. The van der Waals surface area contributed by atoms with Crippen molar-refractivity contribution in [3.05, 3.63) is 53.5 Å². The van der Waals surface area contributed by atoms with Gasteiger partial charge in [-0.25, -0.2) is 0 Å². The number of rotatable bonds is 7. The van der Waals surface area contributed by atoms with Crippen LogP contribution in [-0.4, -0.2) is 36.2 Å². The van der Waals surface area contributed by atoms with Crippen molar-refractivity contribution in [1.82, 2.24) is 4.90 Å². The molecule has 1 aromatic carbocycles. The molecular weight excluding hydrogens is 354 g/mol. The Labute approximate surface area is 168 Å². The normalized spacial score (nSPS) is 14.9. The molecule has 1 aromatic heterocycles. The van der Waals surface area contributed by atoms with Crippen LogP contribution in [0.15, 0.2) is 41.0 Å². The Bertz CT molecular complexity index is 723. The molecule has 0 amide bonds. The van der Waals surface area contributed by atoms with Gasteiger partial charge in [-0.3, -0.25) is 0 Å². The number of thiocarbonyl (C=S) groups is 1. The maximum Gasteiger partial charge on any atom is 0.173 e. The van der Waals surface area contributed by atoms with Crippen LogP contribution in [0.25, 0.3) is 0 Å². The fraction of sp³-hybridized carbons (Fsp3) is 0.500. The minimum Gasteiger partial charge on any atom is -0.467 e. The third-order valence-corrected chi connectivity index (χ3v) is 5.85. The zero-order valence-corrected chi connectivity index (χ0v) is 17.4. The quantitative estimate of drug-likeness (QED) is 0.713. The zero-order chi connectivity index (χ0) is 19.1. The molecule has 2 aromatic rings. The molecule has 1 fully saturated rings. The van der Waals surface area contributed by atoms with Crippen molar-refractivity contribution in [2.24, 2.45) is 0 Å². The lowest BCUT2D eigenvalue weighted by atomic mass is 10.1. The first-order valence-electron chi connectivity index (χ1n) is 10.1. The van der Waals surface area contributed by atoms with Gasteiger partial charge in [0.15, 0.2) is 5.11 Å². The van der Waals surface area contributed by atoms with Gasteiger partial charge in [-0.2, -0.15) is 0 Å². The number of nitrogens with zero attached hydrogens (tertiary/aromatic N) is 1. The summed E-state index contributed by atoms with van der Waals surface area (Å²) in [5.74, 6) is 0.949. The smallest absolute Gasteiger partial charge is 0.173 e. The van der Waals surface area contributed by atoms with E-state index in [0.717, 1.165) is 29.5 Å². The lowest BCUT2D eigenvalue weighted by molar-refractivity contribution is -0.905. The number of hydrogen-bond acceptors (Lipinski definition) is 2. The summed E-state index contributed by atoms with van der Waals surface area (Å²) in [5.41, 5.74) is 3.62. The molecule has 27 heavy (non-hydrogen) atoms. The second-order valence-corrected chi connectivity index (χ2v) is 8.03. The number of benzene rings is 1. The summed E-state index contributed by atoms with van der Waals surface area (Å²) in [6.07, 6.45) is 7.02. The molecule has 2 N–H and O–H groups in total. The maximum absolute atomic E-state index is 5.74. The summed E-state index contributed by atoms with van der Waals surface area (Å²) >= 11 is 5.74. The summed E-state index contributed by atoms with van der Waals surface area (Å²) in [7, 11) is 0. The number of likely N-dealkylation sites (tertiary alicyclic amines) is 1. The summed E-state index contributed by atoms with van der Waals surface area (Å²) in [6, 6.07) is 10.3. The van der Waals surface area contributed by atoms with Crippen LogP contribution in [-0.2, 0) is 6.54 Å². The van der Waals surface area contributed by atoms with Gasteiger partial charge < -0.3 is 19.5 Å². The molecule has 5 heteroatoms. The minimum atomic E-state index is 0.707. The Morgan fingerprint density at radius 2 is 1.96 bits per heavy atom. The Balaban J connectivity index is 1.59. The number of furan rings is 1. The summed E-state index contributed by atoms with van der Waals surface area (Å²) in [4.78, 5) is 3.97. The van der Waals surface area contributed by atoms with Crippen LogP contribution in [0.3, 0.4) is 0 Å². The Kier molecular flexibility index (Phi) is 7.30. The van der Waals surface area contributed by atoms with Gasteiger partial charge in [-0.15, -0.1) is 0 Å². The maximum atomic E-state index is 5.74. The van der Waals surface area contributed by atoms with Crippen molar-refractivity contribution in [3.8, 4) is 0 Å². The number of hydrogen-bond donors (Lipinski definition) is 2. The standard InChI is InChI=1S/C22H31N3OS/c1-18-9-10-20(16-19(18)2)23-22(27)25(17-21-8-6-15-26-21)14-7-13-24-11-4-3-5-12-24/h6,8-10,15-16H,3-5,7,11-14,17H2,1-2H3,(H,23,27)/p+1. The number of nitrogens with one attached hydrogen (secondary N) is 2. The van der Waals surface area contributed by atoms with E-state index in [4.69, 9.17) is 16.6 Å². The van der Waals surface area contributed by atoms with Crippen LogP contribution in [0.5, 0.6) is 0 Å². The fourth-order valence-electron chi connectivity index (χ4n) is 3.69. The van der Waals surface area contributed by atoms with E-state index in [9.17, 15) is 0 Å². The van der Waals surface area contributed by atoms with Crippen molar-refractivity contribution in [1.29, 1.82) is 0 Å². The van der Waals surface area contributed by atoms with Crippen LogP contribution < -0.4 is 10.2 Å². The predicted molar refractivity (Wildman–Crippen MR) is 115 cm³/mol. The molecule has 146 valence electrons. The summed E-state index contributed by atoms with van der Waals surface area (Å²) in [6.45, 7) is 9.78. The first-order chi connectivity index (χ1) is 13.1. The summed E-state index contributed by atoms with van der Waals surface area (Å²) in [5, 5.41) is 4.19. The number of aryl methyl sites for hydroxylation is 2. The van der Waals surface area contributed by atoms with Gasteiger partial charge in [-0.05, 0) is 80.7 Å². The molecule has 3 rings (SSSR count). The predicted octanol–water partition coefficient (Wildman–Crippen LogP) is 3.55. The van der Waals surface area contributed by atoms with Gasteiger partial charge in [-0.1, -0.05) is 6.07 Å². The van der Waals surface area contributed by atoms with Crippen LogP contribution in [0.1, 0.15) is 42.6 Å². The molecule has 0 aliphatic carbocycles. The average Bonchev–Trinajstić information content (AvgIpc) is 3.18. The Morgan fingerprint density at radius 3 is 2.67 bits per heavy atom. The average molecular weight is 387 g/mol. The Hall–Kier alpha value is -1.85. The van der Waals surface area contributed by atoms with Crippen LogP contribution >= 0.6 is 12.2 Å². The third-order valence-electron chi connectivity index (χ3n) is 5.49. The molecule has 0 radical (unpaired) electrons. The van der Waals surface area contributed by atoms with Crippen molar-refractivity contribution in [2.45, 2.75) is 46.1 Å². The zero-order valence-electron chi connectivity index (χ0n) is 16.6. The SMILES string of the molecule is Cc1ccc(NC(=S)N(CCC[NH+]2CCCCC2)Cc2ccco2)cc1C. The van der Waals surface area contributed by atoms with Crippen molar-refractivity contribution >= 4 is 23.0 Å². The highest BCUT2D eigenvalue weighted by atomic mass is 32.1. The Morgan fingerprint density at radius 1 is 1.15 bits per heavy atom. The molecule has 1 saturated heterocycles. The van der Waals surface area contributed by atoms with E-state index in [1.165, 1.54) is 50.0 Å². The van der Waals surface area contributed by atoms with E-state index in [1.807, 2.05) is 12.1 Å². The van der Waals surface area contributed by atoms with Crippen LogP contribution in [0.4, 0.5) is 5.69 Å². The molecule has 0 bridgehead atoms. The molecular formula is C22H32N3OS+. The fourth-order valence-corrected chi connectivity index (χ4v) is 3.96. The van der Waals surface area contributed by atoms with E-state index in [0.29, 0.717) is 6.54 Å². The van der Waals surface area contributed by atoms with Crippen molar-refractivity contribution < 1.29 is 9.32 Å². The first kappa shape index (κ1) is 19.9. The highest BCUT2D eigenvalue weighted by Gasteiger charge is 2.16. The van der Waals surface area contributed by atoms with Crippen molar-refractivity contribution in [3.63, 3.8) is 0 Å². The second-order valence-electron chi connectivity index (χ2n) is 7.64. The van der Waals surface area contributed by atoms with Gasteiger partial charge in [0.25, 0.3) is 0 Å². The van der Waals surface area contributed by atoms with E-state index in [-0.39, 0.29) is 0 Å². The highest BCUT2D eigenvalue weighted by Crippen LogP contribution is 2.16. The topological polar surface area (TPSA) is 32.9 Å². The third kappa shape index (κ3) is 6.08. The van der Waals surface area contributed by atoms with Crippen molar-refractivity contribution in [2.75, 3.05) is 31.5 Å². The van der Waals surface area contributed by atoms with Crippen LogP contribution in [0, 0.1) is 13.8 Å². The second kappa shape index (κ2) is 9.90.